The largest absolute Gasteiger partial charge is 0.406 e. The quantitative estimate of drug-likeness (QED) is 0.178. The van der Waals surface area contributed by atoms with Gasteiger partial charge in [0.05, 0.1) is 15.6 Å². The Morgan fingerprint density at radius 1 is 0.857 bits per heavy atom. The molecule has 1 heterocycles. The molecular formula is C29H24Cl2F4N4O3. The predicted octanol–water partition coefficient (Wildman–Crippen LogP) is 7.43. The fraction of sp³-hybridized carbons (Fsp3) is 0.207. The average molecular weight is 623 g/mol. The maximum absolute atomic E-state index is 13.8. The number of aromatic nitrogens is 1. The summed E-state index contributed by atoms with van der Waals surface area (Å²) in [4.78, 5) is 37.9. The molecule has 0 radical (unpaired) electrons. The highest BCUT2D eigenvalue weighted by molar-refractivity contribution is 6.34. The van der Waals surface area contributed by atoms with Crippen molar-refractivity contribution in [3.8, 4) is 0 Å². The average Bonchev–Trinajstić information content (AvgIpc) is 3.26. The molecule has 220 valence electrons. The smallest absolute Gasteiger partial charge is 0.352 e. The Labute approximate surface area is 247 Å². The van der Waals surface area contributed by atoms with Crippen LogP contribution in [0.15, 0.2) is 60.7 Å². The number of nitrogens with one attached hydrogen (secondary N) is 3. The summed E-state index contributed by atoms with van der Waals surface area (Å²) in [5.41, 5.74) is 0.742. The molecule has 0 aliphatic rings. The zero-order valence-electron chi connectivity index (χ0n) is 22.2. The van der Waals surface area contributed by atoms with Crippen LogP contribution in [0.4, 0.5) is 28.9 Å². The van der Waals surface area contributed by atoms with Crippen molar-refractivity contribution in [1.29, 1.82) is 0 Å². The topological polar surface area (TPSA) is 92.2 Å². The van der Waals surface area contributed by atoms with E-state index in [1.807, 2.05) is 0 Å². The summed E-state index contributed by atoms with van der Waals surface area (Å²) in [5.74, 6) is -2.68. The van der Waals surface area contributed by atoms with E-state index in [0.29, 0.717) is 5.56 Å². The molecular weight excluding hydrogens is 599 g/mol. The Morgan fingerprint density at radius 2 is 1.50 bits per heavy atom. The third kappa shape index (κ3) is 7.40. The minimum absolute atomic E-state index is 0.00143. The summed E-state index contributed by atoms with van der Waals surface area (Å²) in [6.45, 7) is 2.22. The number of carbonyl (C=O) groups excluding carboxylic acids is 3. The molecule has 3 aromatic carbocycles. The van der Waals surface area contributed by atoms with Crippen molar-refractivity contribution in [3.05, 3.63) is 93.3 Å². The SMILES string of the molecule is CC(C)C(=O)NCc1ccc(Cl)c(C(=O)Nc2ccc3c(c2)cc(C(=O)Nc2ccc(Cl)c(F)c2)n3CC(F)(F)F)c1. The molecule has 0 unspecified atom stereocenters. The summed E-state index contributed by atoms with van der Waals surface area (Å²) in [5, 5.41) is 8.01. The van der Waals surface area contributed by atoms with Crippen LogP contribution in [0.5, 0.6) is 0 Å². The van der Waals surface area contributed by atoms with Crippen molar-refractivity contribution in [1.82, 2.24) is 9.88 Å². The number of amides is 3. The van der Waals surface area contributed by atoms with Gasteiger partial charge in [-0.25, -0.2) is 4.39 Å². The molecule has 13 heteroatoms. The van der Waals surface area contributed by atoms with E-state index in [1.165, 1.54) is 48.5 Å². The molecule has 0 aliphatic carbocycles. The molecule has 0 saturated heterocycles. The molecule has 0 aliphatic heterocycles. The maximum Gasteiger partial charge on any atom is 0.406 e. The number of benzene rings is 3. The monoisotopic (exact) mass is 622 g/mol. The number of hydrogen-bond acceptors (Lipinski definition) is 3. The van der Waals surface area contributed by atoms with Gasteiger partial charge in [-0.3, -0.25) is 14.4 Å². The Kier molecular flexibility index (Phi) is 9.12. The third-order valence-electron chi connectivity index (χ3n) is 6.17. The van der Waals surface area contributed by atoms with Crippen molar-refractivity contribution in [2.24, 2.45) is 5.92 Å². The number of alkyl halides is 3. The zero-order valence-corrected chi connectivity index (χ0v) is 23.7. The Balaban J connectivity index is 1.61. The van der Waals surface area contributed by atoms with Gasteiger partial charge < -0.3 is 20.5 Å². The van der Waals surface area contributed by atoms with Gasteiger partial charge in [-0.05, 0) is 60.2 Å². The summed E-state index contributed by atoms with van der Waals surface area (Å²) in [7, 11) is 0. The first-order valence-electron chi connectivity index (χ1n) is 12.6. The number of hydrogen-bond donors (Lipinski definition) is 3. The standard InChI is InChI=1S/C29H24Cl2F4N4O3/c1-15(2)26(40)36-13-16-3-6-21(30)20(9-16)27(41)37-18-5-8-24-17(10-18)11-25(39(24)14-29(33,34)35)28(42)38-19-4-7-22(31)23(32)12-19/h3-12,15H,13-14H2,1-2H3,(H,36,40)(H,37,41)(H,38,42). The van der Waals surface area contributed by atoms with E-state index in [2.05, 4.69) is 16.0 Å². The van der Waals surface area contributed by atoms with Gasteiger partial charge in [0.2, 0.25) is 5.91 Å². The van der Waals surface area contributed by atoms with Gasteiger partial charge in [0.25, 0.3) is 11.8 Å². The fourth-order valence-corrected chi connectivity index (χ4v) is 4.42. The van der Waals surface area contributed by atoms with Gasteiger partial charge in [0.15, 0.2) is 0 Å². The lowest BCUT2D eigenvalue weighted by Gasteiger charge is -2.14. The van der Waals surface area contributed by atoms with Gasteiger partial charge in [0.1, 0.15) is 18.1 Å². The molecule has 0 fully saturated rings. The van der Waals surface area contributed by atoms with Gasteiger partial charge in [-0.15, -0.1) is 0 Å². The number of carbonyl (C=O) groups is 3. The number of halogens is 6. The summed E-state index contributed by atoms with van der Waals surface area (Å²) >= 11 is 11.9. The minimum Gasteiger partial charge on any atom is -0.352 e. The summed E-state index contributed by atoms with van der Waals surface area (Å²) in [6.07, 6.45) is -4.66. The van der Waals surface area contributed by atoms with Crippen molar-refractivity contribution in [2.75, 3.05) is 10.6 Å². The van der Waals surface area contributed by atoms with Crippen molar-refractivity contribution in [3.63, 3.8) is 0 Å². The lowest BCUT2D eigenvalue weighted by molar-refractivity contribution is -0.140. The molecule has 3 N–H and O–H groups in total. The zero-order chi connectivity index (χ0) is 30.8. The lowest BCUT2D eigenvalue weighted by atomic mass is 10.1. The first-order valence-corrected chi connectivity index (χ1v) is 13.3. The molecule has 0 atom stereocenters. The van der Waals surface area contributed by atoms with Crippen LogP contribution in [0.25, 0.3) is 10.9 Å². The summed E-state index contributed by atoms with van der Waals surface area (Å²) in [6, 6.07) is 13.6. The van der Waals surface area contributed by atoms with Gasteiger partial charge in [-0.2, -0.15) is 13.2 Å². The number of anilines is 2. The van der Waals surface area contributed by atoms with Crippen molar-refractivity contribution >= 4 is 63.2 Å². The molecule has 1 aromatic heterocycles. The molecule has 4 rings (SSSR count). The molecule has 7 nitrogen and oxygen atoms in total. The fourth-order valence-electron chi connectivity index (χ4n) is 4.10. The second kappa shape index (κ2) is 12.4. The highest BCUT2D eigenvalue weighted by Gasteiger charge is 2.31. The highest BCUT2D eigenvalue weighted by atomic mass is 35.5. The van der Waals surface area contributed by atoms with Crippen LogP contribution in [0.3, 0.4) is 0 Å². The number of fused-ring (bicyclic) bond motifs is 1. The normalized spacial score (nSPS) is 11.5. The van der Waals surface area contributed by atoms with Gasteiger partial charge in [-0.1, -0.05) is 43.1 Å². The van der Waals surface area contributed by atoms with E-state index < -0.39 is 30.4 Å². The van der Waals surface area contributed by atoms with Crippen LogP contribution in [-0.2, 0) is 17.9 Å². The van der Waals surface area contributed by atoms with Crippen LogP contribution in [0.1, 0.15) is 40.3 Å². The predicted molar refractivity (Wildman–Crippen MR) is 153 cm³/mol. The van der Waals surface area contributed by atoms with E-state index in [4.69, 9.17) is 23.2 Å². The first kappa shape index (κ1) is 30.9. The molecule has 0 bridgehead atoms. The molecule has 0 saturated carbocycles. The minimum atomic E-state index is -4.66. The van der Waals surface area contributed by atoms with Crippen LogP contribution in [0.2, 0.25) is 10.0 Å². The second-order valence-electron chi connectivity index (χ2n) is 9.73. The Morgan fingerprint density at radius 3 is 2.17 bits per heavy atom. The van der Waals surface area contributed by atoms with E-state index in [0.717, 1.165) is 10.6 Å². The number of rotatable bonds is 8. The van der Waals surface area contributed by atoms with Gasteiger partial charge >= 0.3 is 6.18 Å². The summed E-state index contributed by atoms with van der Waals surface area (Å²) < 4.78 is 55.0. The Bertz CT molecular complexity index is 1690. The van der Waals surface area contributed by atoms with E-state index >= 15 is 0 Å². The third-order valence-corrected chi connectivity index (χ3v) is 6.81. The molecule has 0 spiro atoms. The van der Waals surface area contributed by atoms with Crippen molar-refractivity contribution in [2.45, 2.75) is 33.1 Å². The van der Waals surface area contributed by atoms with Crippen LogP contribution < -0.4 is 16.0 Å². The highest BCUT2D eigenvalue weighted by Crippen LogP contribution is 2.29. The maximum atomic E-state index is 13.8. The number of nitrogens with zero attached hydrogens (tertiary/aromatic N) is 1. The Hall–Kier alpha value is -4.09. The molecule has 3 amide bonds. The second-order valence-corrected chi connectivity index (χ2v) is 10.5. The van der Waals surface area contributed by atoms with Crippen LogP contribution in [0, 0.1) is 11.7 Å². The van der Waals surface area contributed by atoms with E-state index in [-0.39, 0.29) is 62.0 Å². The molecule has 4 aromatic rings. The van der Waals surface area contributed by atoms with Gasteiger partial charge in [0, 0.05) is 34.7 Å². The lowest BCUT2D eigenvalue weighted by Crippen LogP contribution is -2.27. The first-order chi connectivity index (χ1) is 19.7. The van der Waals surface area contributed by atoms with Crippen molar-refractivity contribution < 1.29 is 31.9 Å². The van der Waals surface area contributed by atoms with E-state index in [9.17, 15) is 31.9 Å². The van der Waals surface area contributed by atoms with Crippen LogP contribution >= 0.6 is 23.2 Å². The van der Waals surface area contributed by atoms with Crippen LogP contribution in [-0.4, -0.2) is 28.5 Å². The molecule has 42 heavy (non-hydrogen) atoms. The van der Waals surface area contributed by atoms with E-state index in [1.54, 1.807) is 19.9 Å².